The molecule has 1 fully saturated rings. The van der Waals surface area contributed by atoms with Crippen LogP contribution < -0.4 is 5.32 Å². The zero-order valence-electron chi connectivity index (χ0n) is 19.7. The predicted octanol–water partition coefficient (Wildman–Crippen LogP) is 6.72. The molecule has 0 saturated heterocycles. The Kier molecular flexibility index (Phi) is 5.54. The summed E-state index contributed by atoms with van der Waals surface area (Å²) in [7, 11) is 0. The molecule has 5 nitrogen and oxygen atoms in total. The summed E-state index contributed by atoms with van der Waals surface area (Å²) >= 11 is 0. The number of aromatic amines is 1. The fourth-order valence-electron chi connectivity index (χ4n) is 5.27. The number of H-pyrrole nitrogens is 1. The second-order valence-electron chi connectivity index (χ2n) is 9.60. The maximum absolute atomic E-state index is 5.13. The van der Waals surface area contributed by atoms with E-state index in [1.54, 1.807) is 0 Å². The van der Waals surface area contributed by atoms with Gasteiger partial charge < -0.3 is 5.32 Å². The lowest BCUT2D eigenvalue weighted by atomic mass is 9.95. The van der Waals surface area contributed by atoms with Crippen molar-refractivity contribution in [1.82, 2.24) is 19.6 Å². The number of benzene rings is 2. The number of hydrogen-bond donors (Lipinski definition) is 2. The maximum Gasteiger partial charge on any atom is 0.139 e. The fraction of sp³-hybridized carbons (Fsp3) is 0.310. The van der Waals surface area contributed by atoms with Crippen LogP contribution >= 0.6 is 0 Å². The molecule has 2 N–H and O–H groups in total. The highest BCUT2D eigenvalue weighted by Crippen LogP contribution is 2.30. The average molecular weight is 450 g/mol. The minimum Gasteiger partial charge on any atom is -0.367 e. The van der Waals surface area contributed by atoms with Crippen molar-refractivity contribution in [2.24, 2.45) is 0 Å². The van der Waals surface area contributed by atoms with Crippen LogP contribution in [0.3, 0.4) is 0 Å². The van der Waals surface area contributed by atoms with Gasteiger partial charge in [-0.05, 0) is 73.6 Å². The summed E-state index contributed by atoms with van der Waals surface area (Å²) in [5.41, 5.74) is 7.99. The molecule has 2 aromatic carbocycles. The zero-order valence-corrected chi connectivity index (χ0v) is 19.7. The number of pyridine rings is 1. The maximum atomic E-state index is 5.13. The topological polar surface area (TPSA) is 58.0 Å². The Morgan fingerprint density at radius 1 is 0.941 bits per heavy atom. The van der Waals surface area contributed by atoms with Crippen LogP contribution in [0.2, 0.25) is 0 Å². The number of aryl methyl sites for hydroxylation is 3. The minimum atomic E-state index is 0.537. The van der Waals surface area contributed by atoms with E-state index in [1.165, 1.54) is 60.0 Å². The first kappa shape index (κ1) is 21.0. The summed E-state index contributed by atoms with van der Waals surface area (Å²) in [4.78, 5) is 5.13. The number of anilines is 1. The number of nitrogens with zero attached hydrogens (tertiary/aromatic N) is 3. The van der Waals surface area contributed by atoms with E-state index in [2.05, 4.69) is 93.7 Å². The molecule has 0 bridgehead atoms. The number of rotatable bonds is 6. The third-order valence-corrected chi connectivity index (χ3v) is 7.22. The van der Waals surface area contributed by atoms with Crippen molar-refractivity contribution in [1.29, 1.82) is 0 Å². The van der Waals surface area contributed by atoms with E-state index in [9.17, 15) is 0 Å². The molecule has 1 saturated carbocycles. The molecule has 6 rings (SSSR count). The summed E-state index contributed by atoms with van der Waals surface area (Å²) in [5, 5.41) is 12.5. The Bertz CT molecular complexity index is 1420. The Morgan fingerprint density at radius 3 is 2.62 bits per heavy atom. The van der Waals surface area contributed by atoms with Crippen LogP contribution in [0.25, 0.3) is 27.7 Å². The van der Waals surface area contributed by atoms with E-state index in [0.29, 0.717) is 6.04 Å². The molecule has 1 aliphatic rings. The molecule has 1 aliphatic carbocycles. The monoisotopic (exact) mass is 449 g/mol. The lowest BCUT2D eigenvalue weighted by Crippen LogP contribution is -2.23. The normalized spacial score (nSPS) is 14.7. The SMILES string of the molecule is Cc1[nH]nc2ccc(-c3ccn4c(NC5CCCCC5)c(CCc5ccccc5)nc4c3)cc12. The predicted molar refractivity (Wildman–Crippen MR) is 139 cm³/mol. The first-order valence-electron chi connectivity index (χ1n) is 12.5. The van der Waals surface area contributed by atoms with Crippen molar-refractivity contribution in [3.63, 3.8) is 0 Å². The van der Waals surface area contributed by atoms with Gasteiger partial charge in [-0.2, -0.15) is 5.10 Å². The molecule has 0 unspecified atom stereocenters. The van der Waals surface area contributed by atoms with Gasteiger partial charge in [-0.25, -0.2) is 4.98 Å². The third kappa shape index (κ3) is 4.07. The first-order chi connectivity index (χ1) is 16.7. The van der Waals surface area contributed by atoms with Crippen LogP contribution in [-0.4, -0.2) is 25.6 Å². The molecule has 0 spiro atoms. The highest BCUT2D eigenvalue weighted by Gasteiger charge is 2.19. The summed E-state index contributed by atoms with van der Waals surface area (Å²) in [6.07, 6.45) is 10.6. The van der Waals surface area contributed by atoms with Gasteiger partial charge in [0.05, 0.1) is 11.2 Å². The number of hydrogen-bond acceptors (Lipinski definition) is 3. The molecule has 3 heterocycles. The molecule has 5 aromatic rings. The summed E-state index contributed by atoms with van der Waals surface area (Å²) in [6, 6.07) is 22.1. The largest absolute Gasteiger partial charge is 0.367 e. The van der Waals surface area contributed by atoms with Crippen molar-refractivity contribution in [2.45, 2.75) is 57.9 Å². The summed E-state index contributed by atoms with van der Waals surface area (Å²) in [6.45, 7) is 2.07. The second-order valence-corrected chi connectivity index (χ2v) is 9.60. The van der Waals surface area contributed by atoms with Gasteiger partial charge in [-0.15, -0.1) is 0 Å². The number of imidazole rings is 1. The first-order valence-corrected chi connectivity index (χ1v) is 12.5. The molecule has 3 aromatic heterocycles. The number of fused-ring (bicyclic) bond motifs is 2. The summed E-state index contributed by atoms with van der Waals surface area (Å²) < 4.78 is 2.25. The molecule has 0 amide bonds. The van der Waals surface area contributed by atoms with Crippen molar-refractivity contribution in [3.8, 4) is 11.1 Å². The van der Waals surface area contributed by atoms with Gasteiger partial charge in [0, 0.05) is 23.3 Å². The van der Waals surface area contributed by atoms with Gasteiger partial charge in [0.2, 0.25) is 0 Å². The molecule has 34 heavy (non-hydrogen) atoms. The van der Waals surface area contributed by atoms with Crippen molar-refractivity contribution in [2.75, 3.05) is 5.32 Å². The second kappa shape index (κ2) is 8.98. The van der Waals surface area contributed by atoms with Crippen molar-refractivity contribution < 1.29 is 0 Å². The molecule has 0 aliphatic heterocycles. The molecular weight excluding hydrogens is 418 g/mol. The quantitative estimate of drug-likeness (QED) is 0.303. The van der Waals surface area contributed by atoms with Crippen LogP contribution in [0.4, 0.5) is 5.82 Å². The van der Waals surface area contributed by atoms with Crippen LogP contribution in [0.15, 0.2) is 66.9 Å². The zero-order chi connectivity index (χ0) is 22.9. The smallest absolute Gasteiger partial charge is 0.139 e. The van der Waals surface area contributed by atoms with Gasteiger partial charge in [0.25, 0.3) is 0 Å². The van der Waals surface area contributed by atoms with Crippen LogP contribution in [0.5, 0.6) is 0 Å². The van der Waals surface area contributed by atoms with E-state index in [1.807, 2.05) is 0 Å². The summed E-state index contributed by atoms with van der Waals surface area (Å²) in [5.74, 6) is 1.17. The fourth-order valence-corrected chi connectivity index (χ4v) is 5.27. The lowest BCUT2D eigenvalue weighted by Gasteiger charge is -2.24. The van der Waals surface area contributed by atoms with Crippen molar-refractivity contribution >= 4 is 22.4 Å². The Hall–Kier alpha value is -3.60. The van der Waals surface area contributed by atoms with Crippen molar-refractivity contribution in [3.05, 3.63) is 83.8 Å². The minimum absolute atomic E-state index is 0.537. The van der Waals surface area contributed by atoms with E-state index in [0.717, 1.165) is 35.4 Å². The van der Waals surface area contributed by atoms with Gasteiger partial charge in [0.15, 0.2) is 0 Å². The van der Waals surface area contributed by atoms with Gasteiger partial charge in [0.1, 0.15) is 11.5 Å². The van der Waals surface area contributed by atoms with Crippen LogP contribution in [0.1, 0.15) is 49.1 Å². The number of aromatic nitrogens is 4. The van der Waals surface area contributed by atoms with Gasteiger partial charge in [-0.1, -0.05) is 55.7 Å². The highest BCUT2D eigenvalue weighted by atomic mass is 15.1. The Morgan fingerprint density at radius 2 is 1.76 bits per heavy atom. The molecule has 5 heteroatoms. The van der Waals surface area contributed by atoms with E-state index in [4.69, 9.17) is 4.98 Å². The standard InChI is InChI=1S/C29H31N5/c1-20-25-18-22(13-15-26(25)33-32-20)23-16-17-34-28(19-23)31-27(14-12-21-8-4-2-5-9-21)29(34)30-24-10-6-3-7-11-24/h2,4-5,8-9,13,15-19,24,30H,3,6-7,10-12,14H2,1H3,(H,32,33). The van der Waals surface area contributed by atoms with Gasteiger partial charge in [-0.3, -0.25) is 9.50 Å². The third-order valence-electron chi connectivity index (χ3n) is 7.22. The molecule has 0 atom stereocenters. The van der Waals surface area contributed by atoms with E-state index in [-0.39, 0.29) is 0 Å². The van der Waals surface area contributed by atoms with Crippen LogP contribution in [-0.2, 0) is 12.8 Å². The molecular formula is C29H31N5. The number of nitrogens with one attached hydrogen (secondary N) is 2. The van der Waals surface area contributed by atoms with E-state index < -0.39 is 0 Å². The molecule has 0 radical (unpaired) electrons. The average Bonchev–Trinajstić information content (AvgIpc) is 3.43. The lowest BCUT2D eigenvalue weighted by molar-refractivity contribution is 0.461. The molecule has 172 valence electrons. The van der Waals surface area contributed by atoms with Crippen LogP contribution in [0, 0.1) is 6.92 Å². The Balaban J connectivity index is 1.37. The van der Waals surface area contributed by atoms with Gasteiger partial charge >= 0.3 is 0 Å². The van der Waals surface area contributed by atoms with E-state index >= 15 is 0 Å². The Labute approximate surface area is 200 Å². The highest BCUT2D eigenvalue weighted by molar-refractivity contribution is 5.87.